The maximum atomic E-state index is 12.0. The van der Waals surface area contributed by atoms with E-state index < -0.39 is 0 Å². The molecule has 0 saturated heterocycles. The first-order valence-corrected chi connectivity index (χ1v) is 7.32. The van der Waals surface area contributed by atoms with E-state index in [4.69, 9.17) is 4.74 Å². The van der Waals surface area contributed by atoms with Crippen LogP contribution in [0.2, 0.25) is 0 Å². The quantitative estimate of drug-likeness (QED) is 0.890. The SMILES string of the molecule is CC(=O)Nc1ccc(OCC(=O)Nc2cccc(C)c2C)cc1. The Bertz CT molecular complexity index is 709. The van der Waals surface area contributed by atoms with Gasteiger partial charge in [-0.25, -0.2) is 0 Å². The predicted octanol–water partition coefficient (Wildman–Crippen LogP) is 3.28. The molecule has 0 aliphatic carbocycles. The van der Waals surface area contributed by atoms with Gasteiger partial charge in [-0.1, -0.05) is 12.1 Å². The molecule has 0 heterocycles. The highest BCUT2D eigenvalue weighted by Gasteiger charge is 2.07. The number of aryl methyl sites for hydroxylation is 1. The topological polar surface area (TPSA) is 67.4 Å². The molecule has 0 aliphatic rings. The van der Waals surface area contributed by atoms with Crippen molar-refractivity contribution < 1.29 is 14.3 Å². The summed E-state index contributed by atoms with van der Waals surface area (Å²) in [6.45, 7) is 5.33. The monoisotopic (exact) mass is 312 g/mol. The van der Waals surface area contributed by atoms with Crippen LogP contribution in [0.5, 0.6) is 5.75 Å². The van der Waals surface area contributed by atoms with Crippen molar-refractivity contribution in [3.05, 3.63) is 53.6 Å². The minimum Gasteiger partial charge on any atom is -0.484 e. The number of nitrogens with one attached hydrogen (secondary N) is 2. The Labute approximate surface area is 135 Å². The van der Waals surface area contributed by atoms with Gasteiger partial charge in [-0.2, -0.15) is 0 Å². The third-order valence-electron chi connectivity index (χ3n) is 3.42. The Hall–Kier alpha value is -2.82. The average Bonchev–Trinajstić information content (AvgIpc) is 2.51. The fourth-order valence-corrected chi connectivity index (χ4v) is 2.06. The van der Waals surface area contributed by atoms with E-state index in [1.165, 1.54) is 6.92 Å². The van der Waals surface area contributed by atoms with E-state index in [0.717, 1.165) is 16.8 Å². The zero-order chi connectivity index (χ0) is 16.8. The molecule has 2 N–H and O–H groups in total. The Morgan fingerprint density at radius 3 is 2.35 bits per heavy atom. The number of hydrogen-bond donors (Lipinski definition) is 2. The minimum absolute atomic E-state index is 0.0765. The third kappa shape index (κ3) is 4.85. The zero-order valence-electron chi connectivity index (χ0n) is 13.5. The molecular weight excluding hydrogens is 292 g/mol. The summed E-state index contributed by atoms with van der Waals surface area (Å²) in [4.78, 5) is 22.9. The molecule has 5 nitrogen and oxygen atoms in total. The Balaban J connectivity index is 1.89. The number of anilines is 2. The molecule has 2 rings (SSSR count). The van der Waals surface area contributed by atoms with Crippen molar-refractivity contribution in [3.63, 3.8) is 0 Å². The summed E-state index contributed by atoms with van der Waals surface area (Å²) in [6, 6.07) is 12.6. The lowest BCUT2D eigenvalue weighted by molar-refractivity contribution is -0.118. The average molecular weight is 312 g/mol. The lowest BCUT2D eigenvalue weighted by atomic mass is 10.1. The predicted molar refractivity (Wildman–Crippen MR) is 90.8 cm³/mol. The van der Waals surface area contributed by atoms with Crippen LogP contribution in [0.4, 0.5) is 11.4 Å². The number of rotatable bonds is 5. The normalized spacial score (nSPS) is 10.0. The lowest BCUT2D eigenvalue weighted by Crippen LogP contribution is -2.20. The molecule has 2 amide bonds. The molecular formula is C18H20N2O3. The summed E-state index contributed by atoms with van der Waals surface area (Å²) < 4.78 is 5.45. The highest BCUT2D eigenvalue weighted by atomic mass is 16.5. The first-order valence-electron chi connectivity index (χ1n) is 7.32. The van der Waals surface area contributed by atoms with Crippen LogP contribution in [0.3, 0.4) is 0 Å². The first-order chi connectivity index (χ1) is 11.0. The van der Waals surface area contributed by atoms with Crippen LogP contribution in [0.25, 0.3) is 0 Å². The van der Waals surface area contributed by atoms with Gasteiger partial charge in [-0.15, -0.1) is 0 Å². The standard InChI is InChI=1S/C18H20N2O3/c1-12-5-4-6-17(13(12)2)20-18(22)11-23-16-9-7-15(8-10-16)19-14(3)21/h4-10H,11H2,1-3H3,(H,19,21)(H,20,22). The van der Waals surface area contributed by atoms with Gasteiger partial charge in [0.2, 0.25) is 5.91 Å². The highest BCUT2D eigenvalue weighted by Crippen LogP contribution is 2.18. The van der Waals surface area contributed by atoms with Gasteiger partial charge in [-0.05, 0) is 55.3 Å². The molecule has 0 saturated carbocycles. The van der Waals surface area contributed by atoms with Crippen molar-refractivity contribution in [3.8, 4) is 5.75 Å². The van der Waals surface area contributed by atoms with Crippen LogP contribution in [0.1, 0.15) is 18.1 Å². The van der Waals surface area contributed by atoms with Gasteiger partial charge in [0.05, 0.1) is 0 Å². The van der Waals surface area contributed by atoms with E-state index in [1.54, 1.807) is 24.3 Å². The summed E-state index contributed by atoms with van der Waals surface area (Å²) in [5.74, 6) is 0.214. The van der Waals surface area contributed by atoms with Gasteiger partial charge < -0.3 is 15.4 Å². The number of ether oxygens (including phenoxy) is 1. The Kier molecular flexibility index (Phi) is 5.36. The number of amides is 2. The molecule has 120 valence electrons. The number of hydrogen-bond acceptors (Lipinski definition) is 3. The fourth-order valence-electron chi connectivity index (χ4n) is 2.06. The van der Waals surface area contributed by atoms with Crippen LogP contribution in [0.15, 0.2) is 42.5 Å². The molecule has 0 bridgehead atoms. The van der Waals surface area contributed by atoms with E-state index in [-0.39, 0.29) is 18.4 Å². The second kappa shape index (κ2) is 7.45. The minimum atomic E-state index is -0.218. The van der Waals surface area contributed by atoms with Crippen molar-refractivity contribution in [1.29, 1.82) is 0 Å². The van der Waals surface area contributed by atoms with Crippen molar-refractivity contribution in [2.24, 2.45) is 0 Å². The molecule has 0 spiro atoms. The highest BCUT2D eigenvalue weighted by molar-refractivity contribution is 5.92. The van der Waals surface area contributed by atoms with Crippen LogP contribution in [0, 0.1) is 13.8 Å². The largest absolute Gasteiger partial charge is 0.484 e. The van der Waals surface area contributed by atoms with Gasteiger partial charge in [0.15, 0.2) is 6.61 Å². The molecule has 0 aliphatic heterocycles. The van der Waals surface area contributed by atoms with Crippen molar-refractivity contribution in [1.82, 2.24) is 0 Å². The summed E-state index contributed by atoms with van der Waals surface area (Å²) >= 11 is 0. The smallest absolute Gasteiger partial charge is 0.262 e. The molecule has 2 aromatic carbocycles. The van der Waals surface area contributed by atoms with Crippen molar-refractivity contribution in [2.75, 3.05) is 17.2 Å². The second-order valence-corrected chi connectivity index (χ2v) is 5.29. The molecule has 0 radical (unpaired) electrons. The Morgan fingerprint density at radius 2 is 1.70 bits per heavy atom. The number of benzene rings is 2. The van der Waals surface area contributed by atoms with E-state index in [0.29, 0.717) is 11.4 Å². The van der Waals surface area contributed by atoms with E-state index in [9.17, 15) is 9.59 Å². The summed E-state index contributed by atoms with van der Waals surface area (Å²) in [5.41, 5.74) is 3.64. The van der Waals surface area contributed by atoms with Crippen LogP contribution >= 0.6 is 0 Å². The molecule has 2 aromatic rings. The molecule has 23 heavy (non-hydrogen) atoms. The number of carbonyl (C=O) groups excluding carboxylic acids is 2. The van der Waals surface area contributed by atoms with Gasteiger partial charge in [-0.3, -0.25) is 9.59 Å². The molecule has 0 aromatic heterocycles. The number of carbonyl (C=O) groups is 2. The van der Waals surface area contributed by atoms with E-state index >= 15 is 0 Å². The Morgan fingerprint density at radius 1 is 1.00 bits per heavy atom. The maximum absolute atomic E-state index is 12.0. The first kappa shape index (κ1) is 16.5. The maximum Gasteiger partial charge on any atom is 0.262 e. The molecule has 5 heteroatoms. The van der Waals surface area contributed by atoms with Crippen LogP contribution in [-0.2, 0) is 9.59 Å². The van der Waals surface area contributed by atoms with Gasteiger partial charge in [0.1, 0.15) is 5.75 Å². The van der Waals surface area contributed by atoms with Gasteiger partial charge >= 0.3 is 0 Å². The molecule has 0 unspecified atom stereocenters. The molecule has 0 fully saturated rings. The van der Waals surface area contributed by atoms with Crippen molar-refractivity contribution in [2.45, 2.75) is 20.8 Å². The summed E-state index contributed by atoms with van der Waals surface area (Å²) in [5, 5.41) is 5.51. The fraction of sp³-hybridized carbons (Fsp3) is 0.222. The van der Waals surface area contributed by atoms with Crippen LogP contribution < -0.4 is 15.4 Å². The molecule has 0 atom stereocenters. The third-order valence-corrected chi connectivity index (χ3v) is 3.42. The van der Waals surface area contributed by atoms with Crippen LogP contribution in [-0.4, -0.2) is 18.4 Å². The summed E-state index contributed by atoms with van der Waals surface area (Å²) in [6.07, 6.45) is 0. The van der Waals surface area contributed by atoms with E-state index in [2.05, 4.69) is 10.6 Å². The van der Waals surface area contributed by atoms with Crippen molar-refractivity contribution >= 4 is 23.2 Å². The summed E-state index contributed by atoms with van der Waals surface area (Å²) in [7, 11) is 0. The van der Waals surface area contributed by atoms with Gasteiger partial charge in [0.25, 0.3) is 5.91 Å². The lowest BCUT2D eigenvalue weighted by Gasteiger charge is -2.11. The zero-order valence-corrected chi connectivity index (χ0v) is 13.5. The van der Waals surface area contributed by atoms with Gasteiger partial charge in [0, 0.05) is 18.3 Å². The second-order valence-electron chi connectivity index (χ2n) is 5.29. The van der Waals surface area contributed by atoms with E-state index in [1.807, 2.05) is 32.0 Å².